The van der Waals surface area contributed by atoms with Crippen molar-refractivity contribution in [1.82, 2.24) is 25.1 Å². The van der Waals surface area contributed by atoms with Gasteiger partial charge in [0, 0.05) is 25.7 Å². The number of anilines is 1. The Morgan fingerprint density at radius 3 is 2.24 bits per heavy atom. The molecule has 264 valence electrons. The number of nitrogens with one attached hydrogen (secondary N) is 3. The Kier molecular flexibility index (Phi) is 10.9. The summed E-state index contributed by atoms with van der Waals surface area (Å²) in [6.45, 7) is 11.9. The Morgan fingerprint density at radius 1 is 0.900 bits per heavy atom. The van der Waals surface area contributed by atoms with Gasteiger partial charge < -0.3 is 30.2 Å². The zero-order valence-corrected chi connectivity index (χ0v) is 29.7. The monoisotopic (exact) mass is 680 g/mol. The van der Waals surface area contributed by atoms with Crippen LogP contribution >= 0.6 is 0 Å². The molecular weight excluding hydrogens is 632 g/mol. The fourth-order valence-corrected chi connectivity index (χ4v) is 6.00. The average molecular weight is 681 g/mol. The van der Waals surface area contributed by atoms with Crippen molar-refractivity contribution >= 4 is 40.4 Å². The van der Waals surface area contributed by atoms with Gasteiger partial charge in [0.1, 0.15) is 23.2 Å². The number of likely N-dealkylation sites (tertiary alicyclic amines) is 1. The summed E-state index contributed by atoms with van der Waals surface area (Å²) in [5, 5.41) is 10.4. The van der Waals surface area contributed by atoms with E-state index < -0.39 is 41.1 Å². The molecule has 1 aliphatic rings. The number of carbonyl (C=O) groups is 4. The number of rotatable bonds is 10. The number of aromatic nitrogens is 2. The SMILES string of the molecule is CC1CCN(C(=O)C(c2ccccc2)n2cnc(NC(=O)[C@@H](Cc3ccc4ccccc4c3)NC(=O)C(C)(C)NC(=O)OC(C)(C)C)c2)CC1. The molecule has 0 saturated carbocycles. The molecule has 0 aliphatic carbocycles. The summed E-state index contributed by atoms with van der Waals surface area (Å²) in [6.07, 6.45) is 4.51. The number of ether oxygens (including phenoxy) is 1. The van der Waals surface area contributed by atoms with Crippen LogP contribution in [0.15, 0.2) is 85.3 Å². The number of imidazole rings is 1. The van der Waals surface area contributed by atoms with Crippen LogP contribution in [0.5, 0.6) is 0 Å². The number of hydrogen-bond acceptors (Lipinski definition) is 6. The summed E-state index contributed by atoms with van der Waals surface area (Å²) >= 11 is 0. The second-order valence-corrected chi connectivity index (χ2v) is 14.7. The minimum Gasteiger partial charge on any atom is -0.444 e. The molecule has 11 heteroatoms. The highest BCUT2D eigenvalue weighted by atomic mass is 16.6. The lowest BCUT2D eigenvalue weighted by atomic mass is 9.97. The van der Waals surface area contributed by atoms with Crippen molar-refractivity contribution in [1.29, 1.82) is 0 Å². The number of benzene rings is 3. The lowest BCUT2D eigenvalue weighted by Gasteiger charge is -2.33. The highest BCUT2D eigenvalue weighted by molar-refractivity contribution is 5.99. The predicted octanol–water partition coefficient (Wildman–Crippen LogP) is 5.85. The van der Waals surface area contributed by atoms with Gasteiger partial charge in [-0.15, -0.1) is 0 Å². The number of hydrogen-bond donors (Lipinski definition) is 3. The Morgan fingerprint density at radius 2 is 1.56 bits per heavy atom. The highest BCUT2D eigenvalue weighted by Crippen LogP contribution is 2.26. The van der Waals surface area contributed by atoms with Gasteiger partial charge in [-0.2, -0.15) is 0 Å². The molecule has 1 unspecified atom stereocenters. The quantitative estimate of drug-likeness (QED) is 0.192. The summed E-state index contributed by atoms with van der Waals surface area (Å²) in [6, 6.07) is 21.6. The van der Waals surface area contributed by atoms with E-state index in [4.69, 9.17) is 4.74 Å². The van der Waals surface area contributed by atoms with Crippen LogP contribution in [0, 0.1) is 5.92 Å². The predicted molar refractivity (Wildman–Crippen MR) is 193 cm³/mol. The molecule has 1 aliphatic heterocycles. The fourth-order valence-electron chi connectivity index (χ4n) is 6.00. The molecule has 1 fully saturated rings. The normalized spacial score (nSPS) is 15.2. The van der Waals surface area contributed by atoms with Gasteiger partial charge in [-0.25, -0.2) is 9.78 Å². The van der Waals surface area contributed by atoms with Crippen molar-refractivity contribution in [2.45, 2.75) is 84.0 Å². The van der Waals surface area contributed by atoms with Crippen molar-refractivity contribution in [3.8, 4) is 0 Å². The molecule has 4 amide bonds. The Balaban J connectivity index is 1.38. The molecular formula is C39H48N6O5. The minimum atomic E-state index is -1.40. The molecule has 5 rings (SSSR count). The van der Waals surface area contributed by atoms with Crippen LogP contribution in [0.25, 0.3) is 10.8 Å². The molecule has 0 radical (unpaired) electrons. The smallest absolute Gasteiger partial charge is 0.408 e. The van der Waals surface area contributed by atoms with Gasteiger partial charge in [0.25, 0.3) is 0 Å². The van der Waals surface area contributed by atoms with E-state index in [1.165, 1.54) is 0 Å². The molecule has 3 aromatic carbocycles. The molecule has 4 aromatic rings. The van der Waals surface area contributed by atoms with Gasteiger partial charge >= 0.3 is 6.09 Å². The third kappa shape index (κ3) is 9.28. The van der Waals surface area contributed by atoms with Crippen molar-refractivity contribution in [2.24, 2.45) is 5.92 Å². The van der Waals surface area contributed by atoms with E-state index in [-0.39, 0.29) is 18.1 Å². The maximum absolute atomic E-state index is 14.0. The van der Waals surface area contributed by atoms with E-state index in [0.717, 1.165) is 34.7 Å². The fraction of sp³-hybridized carbons (Fsp3) is 0.410. The third-order valence-corrected chi connectivity index (χ3v) is 8.85. The van der Waals surface area contributed by atoms with E-state index in [1.807, 2.05) is 77.7 Å². The standard InChI is InChI=1S/C39H48N6O5/c1-26-18-20-44(21-19-26)35(47)33(29-13-8-7-9-14-29)45-24-32(40-25-45)42-34(46)31(23-27-16-17-28-12-10-11-15-30(28)22-27)41-36(48)39(5,6)43-37(49)50-38(2,3)4/h7-17,22,24-26,31,33H,18-21,23H2,1-6H3,(H,41,48)(H,42,46)(H,43,49)/t31-,33?/m1/s1. The van der Waals surface area contributed by atoms with Gasteiger partial charge in [-0.05, 0) is 75.3 Å². The molecule has 2 atom stereocenters. The van der Waals surface area contributed by atoms with Gasteiger partial charge in [-0.3, -0.25) is 14.4 Å². The molecule has 2 heterocycles. The van der Waals surface area contributed by atoms with E-state index in [9.17, 15) is 19.2 Å². The number of nitrogens with zero attached hydrogens (tertiary/aromatic N) is 3. The van der Waals surface area contributed by atoms with E-state index in [0.29, 0.717) is 19.0 Å². The van der Waals surface area contributed by atoms with Crippen LogP contribution < -0.4 is 16.0 Å². The summed E-state index contributed by atoms with van der Waals surface area (Å²) in [5.41, 5.74) is -0.512. The zero-order chi connectivity index (χ0) is 36.1. The summed E-state index contributed by atoms with van der Waals surface area (Å²) in [5.74, 6) is -0.289. The van der Waals surface area contributed by atoms with Crippen LogP contribution in [0.2, 0.25) is 0 Å². The summed E-state index contributed by atoms with van der Waals surface area (Å²) < 4.78 is 7.08. The first-order valence-electron chi connectivity index (χ1n) is 17.2. The zero-order valence-electron chi connectivity index (χ0n) is 29.7. The second-order valence-electron chi connectivity index (χ2n) is 14.7. The van der Waals surface area contributed by atoms with Gasteiger partial charge in [0.05, 0.1) is 6.33 Å². The van der Waals surface area contributed by atoms with Crippen molar-refractivity contribution in [3.05, 3.63) is 96.4 Å². The van der Waals surface area contributed by atoms with E-state index in [2.05, 4.69) is 27.9 Å². The van der Waals surface area contributed by atoms with Gasteiger partial charge in [0.15, 0.2) is 5.82 Å². The Bertz CT molecular complexity index is 1820. The van der Waals surface area contributed by atoms with Crippen LogP contribution in [0.4, 0.5) is 10.6 Å². The second kappa shape index (κ2) is 15.1. The van der Waals surface area contributed by atoms with Crippen LogP contribution in [0.3, 0.4) is 0 Å². The Hall–Kier alpha value is -5.19. The molecule has 0 spiro atoms. The van der Waals surface area contributed by atoms with Crippen molar-refractivity contribution in [2.75, 3.05) is 18.4 Å². The number of carbonyl (C=O) groups excluding carboxylic acids is 4. The number of alkyl carbamates (subject to hydrolysis) is 1. The number of fused-ring (bicyclic) bond motifs is 1. The molecule has 3 N–H and O–H groups in total. The Labute approximate surface area is 293 Å². The first-order chi connectivity index (χ1) is 23.7. The van der Waals surface area contributed by atoms with Crippen molar-refractivity contribution in [3.63, 3.8) is 0 Å². The molecule has 1 saturated heterocycles. The topological polar surface area (TPSA) is 135 Å². The van der Waals surface area contributed by atoms with Crippen molar-refractivity contribution < 1.29 is 23.9 Å². The third-order valence-electron chi connectivity index (χ3n) is 8.85. The average Bonchev–Trinajstić information content (AvgIpc) is 3.51. The lowest BCUT2D eigenvalue weighted by Crippen LogP contribution is -2.59. The molecule has 0 bridgehead atoms. The first kappa shape index (κ1) is 36.1. The highest BCUT2D eigenvalue weighted by Gasteiger charge is 2.35. The summed E-state index contributed by atoms with van der Waals surface area (Å²) in [7, 11) is 0. The number of piperidine rings is 1. The number of amides is 4. The van der Waals surface area contributed by atoms with Gasteiger partial charge in [0.2, 0.25) is 17.7 Å². The minimum absolute atomic E-state index is 0.0282. The first-order valence-corrected chi connectivity index (χ1v) is 17.2. The lowest BCUT2D eigenvalue weighted by molar-refractivity contribution is -0.135. The largest absolute Gasteiger partial charge is 0.444 e. The van der Waals surface area contributed by atoms with Crippen LogP contribution in [0.1, 0.15) is 71.6 Å². The van der Waals surface area contributed by atoms with E-state index in [1.54, 1.807) is 51.7 Å². The van der Waals surface area contributed by atoms with Crippen LogP contribution in [-0.2, 0) is 25.5 Å². The maximum atomic E-state index is 14.0. The van der Waals surface area contributed by atoms with Crippen LogP contribution in [-0.4, -0.2) is 68.5 Å². The molecule has 1 aromatic heterocycles. The molecule has 11 nitrogen and oxygen atoms in total. The summed E-state index contributed by atoms with van der Waals surface area (Å²) in [4.78, 5) is 60.4. The molecule has 50 heavy (non-hydrogen) atoms. The maximum Gasteiger partial charge on any atom is 0.408 e. The van der Waals surface area contributed by atoms with Gasteiger partial charge in [-0.1, -0.05) is 79.7 Å². The van der Waals surface area contributed by atoms with E-state index >= 15 is 0 Å².